The van der Waals surface area contributed by atoms with E-state index in [-0.39, 0.29) is 24.0 Å². The van der Waals surface area contributed by atoms with Gasteiger partial charge in [-0.2, -0.15) is 0 Å². The third kappa shape index (κ3) is 6.06. The van der Waals surface area contributed by atoms with Crippen LogP contribution in [0.5, 0.6) is 11.5 Å². The van der Waals surface area contributed by atoms with E-state index in [1.807, 2.05) is 76.2 Å². The van der Waals surface area contributed by atoms with E-state index < -0.39 is 11.5 Å². The van der Waals surface area contributed by atoms with Gasteiger partial charge in [0, 0.05) is 24.4 Å². The predicted molar refractivity (Wildman–Crippen MR) is 129 cm³/mol. The molecule has 1 heterocycles. The van der Waals surface area contributed by atoms with Crippen LogP contribution in [0.3, 0.4) is 0 Å². The van der Waals surface area contributed by atoms with Crippen molar-refractivity contribution in [2.24, 2.45) is 5.41 Å². The number of likely N-dealkylation sites (tertiary alicyclic amines) is 1. The highest BCUT2D eigenvalue weighted by Crippen LogP contribution is 2.47. The Bertz CT molecular complexity index is 937. The first-order valence-electron chi connectivity index (χ1n) is 11.5. The van der Waals surface area contributed by atoms with Crippen molar-refractivity contribution in [1.82, 2.24) is 4.90 Å². The molecule has 1 N–H and O–H groups in total. The summed E-state index contributed by atoms with van der Waals surface area (Å²) >= 11 is 0. The van der Waals surface area contributed by atoms with E-state index in [1.165, 1.54) is 0 Å². The van der Waals surface area contributed by atoms with Gasteiger partial charge in [0.25, 0.3) is 0 Å². The lowest BCUT2D eigenvalue weighted by Crippen LogP contribution is -2.38. The number of hydrogen-bond donors (Lipinski definition) is 1. The first-order chi connectivity index (χ1) is 15.5. The largest absolute Gasteiger partial charge is 0.493 e. The number of hydrogen-bond acceptors (Lipinski definition) is 5. The van der Waals surface area contributed by atoms with Gasteiger partial charge < -0.3 is 24.2 Å². The van der Waals surface area contributed by atoms with E-state index >= 15 is 0 Å². The minimum atomic E-state index is -0.598. The molecule has 1 saturated heterocycles. The van der Waals surface area contributed by atoms with Crippen molar-refractivity contribution in [1.29, 1.82) is 0 Å². The molecule has 0 aromatic heterocycles. The van der Waals surface area contributed by atoms with E-state index in [9.17, 15) is 9.90 Å². The Morgan fingerprint density at radius 1 is 1.18 bits per heavy atom. The number of aliphatic hydroxyl groups excluding tert-OH is 1. The first-order valence-corrected chi connectivity index (χ1v) is 11.5. The fraction of sp³-hybridized carbons (Fsp3) is 0.519. The molecule has 0 saturated carbocycles. The van der Waals surface area contributed by atoms with Crippen LogP contribution in [0.15, 0.2) is 48.5 Å². The molecule has 0 aliphatic carbocycles. The minimum Gasteiger partial charge on any atom is -0.493 e. The van der Waals surface area contributed by atoms with Gasteiger partial charge in [-0.25, -0.2) is 0 Å². The molecule has 3 atom stereocenters. The van der Waals surface area contributed by atoms with E-state index in [2.05, 4.69) is 0 Å². The van der Waals surface area contributed by atoms with Crippen molar-refractivity contribution in [2.75, 3.05) is 26.8 Å². The fourth-order valence-corrected chi connectivity index (χ4v) is 4.36. The quantitative estimate of drug-likeness (QED) is 0.639. The Balaban J connectivity index is 1.77. The molecule has 0 spiro atoms. The predicted octanol–water partition coefficient (Wildman–Crippen LogP) is 4.40. The molecule has 3 unspecified atom stereocenters. The molecule has 2 aromatic rings. The van der Waals surface area contributed by atoms with Crippen LogP contribution in [-0.2, 0) is 16.1 Å². The molecule has 1 fully saturated rings. The van der Waals surface area contributed by atoms with E-state index in [4.69, 9.17) is 14.2 Å². The molecular formula is C27H37NO5. The summed E-state index contributed by atoms with van der Waals surface area (Å²) in [7, 11) is 1.62. The topological polar surface area (TPSA) is 68.2 Å². The van der Waals surface area contributed by atoms with Crippen LogP contribution in [0.25, 0.3) is 0 Å². The van der Waals surface area contributed by atoms with Crippen LogP contribution < -0.4 is 9.47 Å². The average molecular weight is 456 g/mol. The molecule has 180 valence electrons. The van der Waals surface area contributed by atoms with Gasteiger partial charge in [-0.1, -0.05) is 43.3 Å². The summed E-state index contributed by atoms with van der Waals surface area (Å²) in [5.74, 6) is 1.20. The molecule has 6 heteroatoms. The fourth-order valence-electron chi connectivity index (χ4n) is 4.36. The number of rotatable bonds is 8. The molecular weight excluding hydrogens is 418 g/mol. The van der Waals surface area contributed by atoms with Crippen molar-refractivity contribution in [3.63, 3.8) is 0 Å². The summed E-state index contributed by atoms with van der Waals surface area (Å²) in [6.07, 6.45) is -0.598. The van der Waals surface area contributed by atoms with Gasteiger partial charge in [0.15, 0.2) is 11.5 Å². The summed E-state index contributed by atoms with van der Waals surface area (Å²) in [5, 5.41) is 10.7. The molecule has 1 aliphatic rings. The van der Waals surface area contributed by atoms with E-state index in [1.54, 1.807) is 18.9 Å². The number of amides is 1. The van der Waals surface area contributed by atoms with Gasteiger partial charge in [0.2, 0.25) is 5.91 Å². The maximum absolute atomic E-state index is 13.0. The van der Waals surface area contributed by atoms with Crippen LogP contribution >= 0.6 is 0 Å². The SMILES string of the molecule is COc1ccc(C2CN(C(=O)COCc3ccccc3)CC2(C)C(C)O)cc1OC(C)(C)C. The van der Waals surface area contributed by atoms with Crippen molar-refractivity contribution in [2.45, 2.75) is 58.8 Å². The Morgan fingerprint density at radius 3 is 2.48 bits per heavy atom. The Kier molecular flexibility index (Phi) is 7.70. The summed E-state index contributed by atoms with van der Waals surface area (Å²) in [5.41, 5.74) is 1.16. The zero-order chi connectivity index (χ0) is 24.2. The van der Waals surface area contributed by atoms with E-state index in [0.717, 1.165) is 11.1 Å². The molecule has 6 nitrogen and oxygen atoms in total. The van der Waals surface area contributed by atoms with Crippen molar-refractivity contribution in [3.05, 3.63) is 59.7 Å². The van der Waals surface area contributed by atoms with Crippen molar-refractivity contribution >= 4 is 5.91 Å². The Hall–Kier alpha value is -2.57. The van der Waals surface area contributed by atoms with Gasteiger partial charge >= 0.3 is 0 Å². The number of carbonyl (C=O) groups excluding carboxylic acids is 1. The summed E-state index contributed by atoms with van der Waals surface area (Å²) in [6.45, 7) is 11.2. The number of benzene rings is 2. The summed E-state index contributed by atoms with van der Waals surface area (Å²) in [6, 6.07) is 15.7. The Labute approximate surface area is 197 Å². The van der Waals surface area contributed by atoms with E-state index in [0.29, 0.717) is 31.2 Å². The van der Waals surface area contributed by atoms with Crippen LogP contribution in [0.4, 0.5) is 0 Å². The van der Waals surface area contributed by atoms with Crippen molar-refractivity contribution in [3.8, 4) is 11.5 Å². The maximum Gasteiger partial charge on any atom is 0.248 e. The lowest BCUT2D eigenvalue weighted by Gasteiger charge is -2.34. The molecule has 0 radical (unpaired) electrons. The third-order valence-corrected chi connectivity index (χ3v) is 6.38. The second-order valence-electron chi connectivity index (χ2n) is 10.1. The number of carbonyl (C=O) groups is 1. The summed E-state index contributed by atoms with van der Waals surface area (Å²) < 4.78 is 17.3. The normalized spacial score (nSPS) is 21.7. The van der Waals surface area contributed by atoms with Crippen LogP contribution in [0, 0.1) is 5.41 Å². The number of ether oxygens (including phenoxy) is 3. The molecule has 1 aliphatic heterocycles. The zero-order valence-electron chi connectivity index (χ0n) is 20.6. The Morgan fingerprint density at radius 2 is 1.88 bits per heavy atom. The zero-order valence-corrected chi connectivity index (χ0v) is 20.6. The van der Waals surface area contributed by atoms with Gasteiger partial charge in [-0.15, -0.1) is 0 Å². The van der Waals surface area contributed by atoms with Gasteiger partial charge in [-0.3, -0.25) is 4.79 Å². The number of aliphatic hydroxyl groups is 1. The lowest BCUT2D eigenvalue weighted by atomic mass is 9.72. The smallest absolute Gasteiger partial charge is 0.248 e. The van der Waals surface area contributed by atoms with Crippen LogP contribution in [0.1, 0.15) is 51.7 Å². The van der Waals surface area contributed by atoms with Crippen molar-refractivity contribution < 1.29 is 24.1 Å². The second kappa shape index (κ2) is 10.1. The standard InChI is InChI=1S/C27H37NO5/c1-19(29)27(5)18-28(25(30)17-32-16-20-10-8-7-9-11-20)15-22(27)21-12-13-23(31-6)24(14-21)33-26(2,3)4/h7-14,19,22,29H,15-18H2,1-6H3. The maximum atomic E-state index is 13.0. The highest BCUT2D eigenvalue weighted by Gasteiger charge is 2.48. The minimum absolute atomic E-state index is 0.0124. The first kappa shape index (κ1) is 25.1. The van der Waals surface area contributed by atoms with Gasteiger partial charge in [-0.05, 0) is 51.0 Å². The van der Waals surface area contributed by atoms with Gasteiger partial charge in [0.1, 0.15) is 12.2 Å². The van der Waals surface area contributed by atoms with Gasteiger partial charge in [0.05, 0.1) is 19.8 Å². The second-order valence-corrected chi connectivity index (χ2v) is 10.1. The highest BCUT2D eigenvalue weighted by atomic mass is 16.5. The van der Waals surface area contributed by atoms with Crippen LogP contribution in [-0.4, -0.2) is 54.4 Å². The summed E-state index contributed by atoms with van der Waals surface area (Å²) in [4.78, 5) is 14.8. The lowest BCUT2D eigenvalue weighted by molar-refractivity contribution is -0.136. The molecule has 3 rings (SSSR count). The van der Waals surface area contributed by atoms with Crippen LogP contribution in [0.2, 0.25) is 0 Å². The average Bonchev–Trinajstić information content (AvgIpc) is 3.12. The molecule has 2 aromatic carbocycles. The number of nitrogens with zero attached hydrogens (tertiary/aromatic N) is 1. The highest BCUT2D eigenvalue weighted by molar-refractivity contribution is 5.78. The third-order valence-electron chi connectivity index (χ3n) is 6.38. The molecule has 33 heavy (non-hydrogen) atoms. The number of methoxy groups -OCH3 is 1. The monoisotopic (exact) mass is 455 g/mol. The molecule has 0 bridgehead atoms. The molecule has 1 amide bonds.